The molecule has 134 valence electrons. The van der Waals surface area contributed by atoms with Crippen LogP contribution in [0, 0.1) is 12.7 Å². The summed E-state index contributed by atoms with van der Waals surface area (Å²) in [6.45, 7) is 2.59. The van der Waals surface area contributed by atoms with E-state index < -0.39 is 0 Å². The molecule has 3 heterocycles. The molecule has 1 aliphatic heterocycles. The van der Waals surface area contributed by atoms with Crippen molar-refractivity contribution in [2.24, 2.45) is 7.05 Å². The Balaban J connectivity index is 1.63. The molecule has 0 bridgehead atoms. The van der Waals surface area contributed by atoms with Gasteiger partial charge in [-0.1, -0.05) is 6.07 Å². The first-order chi connectivity index (χ1) is 12.5. The number of likely N-dealkylation sites (tertiary alicyclic amines) is 1. The van der Waals surface area contributed by atoms with Gasteiger partial charge in [-0.3, -0.25) is 13.9 Å². The summed E-state index contributed by atoms with van der Waals surface area (Å²) in [4.78, 5) is 31.3. The zero-order valence-electron chi connectivity index (χ0n) is 14.6. The van der Waals surface area contributed by atoms with E-state index in [4.69, 9.17) is 0 Å². The van der Waals surface area contributed by atoms with E-state index in [-0.39, 0.29) is 23.5 Å². The highest BCUT2D eigenvalue weighted by atomic mass is 19.1. The number of hydrogen-bond acceptors (Lipinski definition) is 3. The van der Waals surface area contributed by atoms with Crippen LogP contribution in [0.15, 0.2) is 41.3 Å². The van der Waals surface area contributed by atoms with Gasteiger partial charge in [0.15, 0.2) is 5.65 Å². The maximum atomic E-state index is 13.8. The van der Waals surface area contributed by atoms with Gasteiger partial charge in [-0.15, -0.1) is 0 Å². The zero-order valence-corrected chi connectivity index (χ0v) is 14.6. The van der Waals surface area contributed by atoms with E-state index in [2.05, 4.69) is 4.98 Å². The third kappa shape index (κ3) is 2.51. The summed E-state index contributed by atoms with van der Waals surface area (Å²) in [7, 11) is 1.72. The number of halogens is 1. The maximum Gasteiger partial charge on any atom is 0.330 e. The lowest BCUT2D eigenvalue weighted by atomic mass is 10.1. The number of hydrogen-bond donors (Lipinski definition) is 0. The fourth-order valence-corrected chi connectivity index (χ4v) is 3.57. The normalized spacial score (nSPS) is 17.2. The quantitative estimate of drug-likeness (QED) is 0.709. The van der Waals surface area contributed by atoms with E-state index in [0.717, 1.165) is 5.52 Å². The number of benzene rings is 1. The summed E-state index contributed by atoms with van der Waals surface area (Å²) in [6, 6.07) is 8.03. The van der Waals surface area contributed by atoms with Crippen LogP contribution in [0.5, 0.6) is 0 Å². The molecule has 1 aromatic carbocycles. The Morgan fingerprint density at radius 1 is 1.31 bits per heavy atom. The molecular weight excluding hydrogens is 335 g/mol. The van der Waals surface area contributed by atoms with E-state index in [1.54, 1.807) is 52.4 Å². The van der Waals surface area contributed by atoms with Gasteiger partial charge in [-0.2, -0.15) is 0 Å². The van der Waals surface area contributed by atoms with Gasteiger partial charge in [0.1, 0.15) is 5.82 Å². The molecule has 0 aliphatic carbocycles. The minimum atomic E-state index is -0.388. The Morgan fingerprint density at radius 2 is 2.12 bits per heavy atom. The number of aromatic nitrogens is 3. The number of nitrogens with zero attached hydrogens (tertiary/aromatic N) is 4. The minimum Gasteiger partial charge on any atom is -0.336 e. The number of carbonyl (C=O) groups is 1. The first-order valence-corrected chi connectivity index (χ1v) is 8.54. The molecule has 0 N–H and O–H groups in total. The molecule has 0 unspecified atom stereocenters. The van der Waals surface area contributed by atoms with Crippen molar-refractivity contribution in [2.75, 3.05) is 13.1 Å². The van der Waals surface area contributed by atoms with E-state index in [9.17, 15) is 14.0 Å². The summed E-state index contributed by atoms with van der Waals surface area (Å²) >= 11 is 0. The van der Waals surface area contributed by atoms with Crippen molar-refractivity contribution in [1.29, 1.82) is 0 Å². The number of pyridine rings is 1. The fourth-order valence-electron chi connectivity index (χ4n) is 3.57. The van der Waals surface area contributed by atoms with Gasteiger partial charge < -0.3 is 4.90 Å². The van der Waals surface area contributed by atoms with Gasteiger partial charge in [0.2, 0.25) is 0 Å². The van der Waals surface area contributed by atoms with E-state index >= 15 is 0 Å². The van der Waals surface area contributed by atoms with Crippen LogP contribution >= 0.6 is 0 Å². The third-order valence-electron chi connectivity index (χ3n) is 5.08. The molecule has 1 atom stereocenters. The molecule has 1 aliphatic rings. The average molecular weight is 354 g/mol. The molecule has 3 aromatic rings. The lowest BCUT2D eigenvalue weighted by Gasteiger charge is -2.17. The molecule has 2 aromatic heterocycles. The van der Waals surface area contributed by atoms with Crippen molar-refractivity contribution in [3.63, 3.8) is 0 Å². The predicted molar refractivity (Wildman–Crippen MR) is 95.7 cm³/mol. The van der Waals surface area contributed by atoms with Crippen molar-refractivity contribution in [1.82, 2.24) is 19.0 Å². The van der Waals surface area contributed by atoms with Crippen molar-refractivity contribution >= 4 is 17.1 Å². The maximum absolute atomic E-state index is 13.8. The van der Waals surface area contributed by atoms with Gasteiger partial charge in [-0.25, -0.2) is 14.2 Å². The lowest BCUT2D eigenvalue weighted by Crippen LogP contribution is -2.31. The number of amides is 1. The monoisotopic (exact) mass is 354 g/mol. The largest absolute Gasteiger partial charge is 0.336 e. The van der Waals surface area contributed by atoms with Crippen LogP contribution in [0.1, 0.15) is 28.4 Å². The second-order valence-corrected chi connectivity index (χ2v) is 6.72. The third-order valence-corrected chi connectivity index (χ3v) is 5.08. The van der Waals surface area contributed by atoms with Crippen molar-refractivity contribution in [2.45, 2.75) is 19.4 Å². The molecule has 26 heavy (non-hydrogen) atoms. The lowest BCUT2D eigenvalue weighted by molar-refractivity contribution is 0.0787. The minimum absolute atomic E-state index is 0.139. The summed E-state index contributed by atoms with van der Waals surface area (Å²) in [6.07, 6.45) is 2.32. The molecule has 1 saturated heterocycles. The summed E-state index contributed by atoms with van der Waals surface area (Å²) in [5.74, 6) is -0.603. The number of rotatable bonds is 2. The molecule has 0 spiro atoms. The van der Waals surface area contributed by atoms with E-state index in [0.29, 0.717) is 36.3 Å². The first kappa shape index (κ1) is 16.5. The number of aryl methyl sites for hydroxylation is 2. The van der Waals surface area contributed by atoms with E-state index in [1.807, 2.05) is 6.07 Å². The van der Waals surface area contributed by atoms with Gasteiger partial charge in [0.05, 0.1) is 11.6 Å². The summed E-state index contributed by atoms with van der Waals surface area (Å²) < 4.78 is 17.0. The molecule has 1 amide bonds. The molecule has 4 rings (SSSR count). The Morgan fingerprint density at radius 3 is 2.88 bits per heavy atom. The zero-order chi connectivity index (χ0) is 18.4. The fraction of sp³-hybridized carbons (Fsp3) is 0.316. The molecule has 0 saturated carbocycles. The molecule has 0 radical (unpaired) electrons. The van der Waals surface area contributed by atoms with Gasteiger partial charge >= 0.3 is 5.69 Å². The summed E-state index contributed by atoms with van der Waals surface area (Å²) in [5.41, 5.74) is 2.09. The highest BCUT2D eigenvalue weighted by Gasteiger charge is 2.31. The van der Waals surface area contributed by atoms with Crippen LogP contribution in [-0.4, -0.2) is 38.0 Å². The number of imidazole rings is 1. The highest BCUT2D eigenvalue weighted by molar-refractivity contribution is 5.94. The average Bonchev–Trinajstić information content (AvgIpc) is 3.21. The number of fused-ring (bicyclic) bond motifs is 1. The Hall–Kier alpha value is -2.96. The predicted octanol–water partition coefficient (Wildman–Crippen LogP) is 2.27. The highest BCUT2D eigenvalue weighted by Crippen LogP contribution is 2.25. The summed E-state index contributed by atoms with van der Waals surface area (Å²) in [5, 5.41) is 0. The van der Waals surface area contributed by atoms with Crippen molar-refractivity contribution in [3.05, 3.63) is 64.0 Å². The second kappa shape index (κ2) is 6.09. The Kier molecular flexibility index (Phi) is 3.86. The Labute approximate surface area is 149 Å². The topological polar surface area (TPSA) is 60.1 Å². The van der Waals surface area contributed by atoms with Crippen molar-refractivity contribution < 1.29 is 9.18 Å². The molecular formula is C19H19FN4O2. The van der Waals surface area contributed by atoms with Crippen LogP contribution < -0.4 is 5.69 Å². The Bertz CT molecular complexity index is 1070. The SMILES string of the molecule is Cc1ccc(C(=O)N2CC[C@@H](n3c(=O)n(C)c4cccnc43)C2)cc1F. The van der Waals surface area contributed by atoms with Crippen LogP contribution in [0.4, 0.5) is 4.39 Å². The van der Waals surface area contributed by atoms with Crippen LogP contribution in [0.25, 0.3) is 11.2 Å². The van der Waals surface area contributed by atoms with Crippen LogP contribution in [0.3, 0.4) is 0 Å². The smallest absolute Gasteiger partial charge is 0.330 e. The standard InChI is InChI=1S/C19H19FN4O2/c1-12-5-6-13(10-15(12)20)18(25)23-9-7-14(11-23)24-17-16(4-3-8-21-17)22(2)19(24)26/h3-6,8,10,14H,7,9,11H2,1-2H3/t14-/m1/s1. The number of carbonyl (C=O) groups excluding carboxylic acids is 1. The second-order valence-electron chi connectivity index (χ2n) is 6.72. The van der Waals surface area contributed by atoms with Crippen molar-refractivity contribution in [3.8, 4) is 0 Å². The van der Waals surface area contributed by atoms with Crippen LogP contribution in [0.2, 0.25) is 0 Å². The van der Waals surface area contributed by atoms with Crippen LogP contribution in [-0.2, 0) is 7.05 Å². The first-order valence-electron chi connectivity index (χ1n) is 8.54. The molecule has 7 heteroatoms. The van der Waals surface area contributed by atoms with E-state index in [1.165, 1.54) is 6.07 Å². The van der Waals surface area contributed by atoms with Gasteiger partial charge in [0.25, 0.3) is 5.91 Å². The molecule has 6 nitrogen and oxygen atoms in total. The van der Waals surface area contributed by atoms with Gasteiger partial charge in [-0.05, 0) is 43.2 Å². The molecule has 1 fully saturated rings. The van der Waals surface area contributed by atoms with Gasteiger partial charge in [0, 0.05) is 31.9 Å².